The van der Waals surface area contributed by atoms with Gasteiger partial charge >= 0.3 is 7.82 Å². The zero-order chi connectivity index (χ0) is 25.1. The van der Waals surface area contributed by atoms with Crippen molar-refractivity contribution in [3.63, 3.8) is 0 Å². The quantitative estimate of drug-likeness (QED) is 0.0888. The summed E-state index contributed by atoms with van der Waals surface area (Å²) >= 11 is 3.38. The van der Waals surface area contributed by atoms with Gasteiger partial charge in [-0.25, -0.2) is 4.57 Å². The fourth-order valence-corrected chi connectivity index (χ4v) is 4.36. The first-order valence-corrected chi connectivity index (χ1v) is 15.0. The minimum atomic E-state index is -4.59. The number of carbonyl (C=O) groups excluding carboxylic acids is 1. The standard InChI is InChI=1S/C26H43BrNO5P/c1-2-3-4-5-6-7-8-9-10-11-12-13-14-15-16-26(29)28-25(22-33-34(30,31)32)21-23-17-19-24(27)20-18-23/h9-10,17-20,25H,2-8,11-16,21-22H2,1H3,(H,28,29)(H2,30,31,32)/b10-9-/t25-/m0/s1. The SMILES string of the molecule is CCCCCCCC/C=C\CCCCCCC(=O)N[C@H](COP(=O)(O)O)Cc1ccc(Br)cc1. The Labute approximate surface area is 214 Å². The summed E-state index contributed by atoms with van der Waals surface area (Å²) in [5, 5.41) is 2.87. The lowest BCUT2D eigenvalue weighted by molar-refractivity contribution is -0.122. The van der Waals surface area contributed by atoms with E-state index in [1.54, 1.807) is 0 Å². The maximum atomic E-state index is 12.4. The number of amides is 1. The molecule has 0 saturated carbocycles. The van der Waals surface area contributed by atoms with E-state index in [0.29, 0.717) is 12.8 Å². The maximum Gasteiger partial charge on any atom is 0.469 e. The van der Waals surface area contributed by atoms with E-state index in [2.05, 4.69) is 44.8 Å². The van der Waals surface area contributed by atoms with Gasteiger partial charge in [-0.3, -0.25) is 9.32 Å². The van der Waals surface area contributed by atoms with Gasteiger partial charge in [0.1, 0.15) is 0 Å². The fourth-order valence-electron chi connectivity index (χ4n) is 3.72. The normalized spacial score (nSPS) is 12.8. The van der Waals surface area contributed by atoms with Crippen LogP contribution < -0.4 is 5.32 Å². The Morgan fingerprint density at radius 3 is 2.12 bits per heavy atom. The Hall–Kier alpha value is -0.980. The number of nitrogens with one attached hydrogen (secondary N) is 1. The number of allylic oxidation sites excluding steroid dienone is 2. The number of phosphoric acid groups is 1. The van der Waals surface area contributed by atoms with Gasteiger partial charge < -0.3 is 15.1 Å². The van der Waals surface area contributed by atoms with Crippen LogP contribution in [0, 0.1) is 0 Å². The van der Waals surface area contributed by atoms with Crippen molar-refractivity contribution in [3.8, 4) is 0 Å². The van der Waals surface area contributed by atoms with Crippen molar-refractivity contribution in [2.45, 2.75) is 103 Å². The van der Waals surface area contributed by atoms with Crippen LogP contribution in [0.25, 0.3) is 0 Å². The van der Waals surface area contributed by atoms with Crippen molar-refractivity contribution in [2.75, 3.05) is 6.61 Å². The summed E-state index contributed by atoms with van der Waals surface area (Å²) in [6.07, 6.45) is 19.7. The summed E-state index contributed by atoms with van der Waals surface area (Å²) < 4.78 is 16.7. The molecule has 34 heavy (non-hydrogen) atoms. The molecule has 1 rings (SSSR count). The van der Waals surface area contributed by atoms with Crippen molar-refractivity contribution in [2.24, 2.45) is 0 Å². The lowest BCUT2D eigenvalue weighted by atomic mass is 10.1. The Morgan fingerprint density at radius 1 is 0.971 bits per heavy atom. The van der Waals surface area contributed by atoms with Crippen molar-refractivity contribution in [1.29, 1.82) is 0 Å². The van der Waals surface area contributed by atoms with Gasteiger partial charge in [-0.05, 0) is 56.2 Å². The lowest BCUT2D eigenvalue weighted by Gasteiger charge is -2.19. The van der Waals surface area contributed by atoms with Crippen LogP contribution in [0.3, 0.4) is 0 Å². The van der Waals surface area contributed by atoms with Crippen molar-refractivity contribution < 1.29 is 23.7 Å². The van der Waals surface area contributed by atoms with Crippen molar-refractivity contribution in [3.05, 3.63) is 46.5 Å². The van der Waals surface area contributed by atoms with Crippen LogP contribution in [0.2, 0.25) is 0 Å². The third-order valence-electron chi connectivity index (χ3n) is 5.62. The summed E-state index contributed by atoms with van der Waals surface area (Å²) in [5.41, 5.74) is 0.951. The predicted octanol–water partition coefficient (Wildman–Crippen LogP) is 7.23. The molecule has 0 radical (unpaired) electrons. The van der Waals surface area contributed by atoms with E-state index in [1.165, 1.54) is 44.9 Å². The van der Waals surface area contributed by atoms with Gasteiger partial charge in [0, 0.05) is 10.9 Å². The average Bonchev–Trinajstić information content (AvgIpc) is 2.78. The zero-order valence-electron chi connectivity index (χ0n) is 20.6. The van der Waals surface area contributed by atoms with Gasteiger partial charge in [0.05, 0.1) is 12.6 Å². The Bertz CT molecular complexity index is 735. The molecule has 0 aliphatic rings. The van der Waals surface area contributed by atoms with E-state index in [0.717, 1.165) is 42.1 Å². The molecule has 1 atom stereocenters. The van der Waals surface area contributed by atoms with E-state index in [1.807, 2.05) is 24.3 Å². The summed E-state index contributed by atoms with van der Waals surface area (Å²) in [7, 11) is -4.59. The molecule has 194 valence electrons. The van der Waals surface area contributed by atoms with Gasteiger partial charge in [0.25, 0.3) is 0 Å². The molecule has 0 aliphatic heterocycles. The van der Waals surface area contributed by atoms with Crippen LogP contribution in [0.1, 0.15) is 96.0 Å². The predicted molar refractivity (Wildman–Crippen MR) is 143 cm³/mol. The van der Waals surface area contributed by atoms with E-state index >= 15 is 0 Å². The van der Waals surface area contributed by atoms with Gasteiger partial charge in [-0.1, -0.05) is 92.1 Å². The van der Waals surface area contributed by atoms with Gasteiger partial charge in [0.15, 0.2) is 0 Å². The van der Waals surface area contributed by atoms with Crippen LogP contribution in [0.4, 0.5) is 0 Å². The molecule has 0 unspecified atom stereocenters. The molecule has 0 saturated heterocycles. The molecule has 0 aromatic heterocycles. The highest BCUT2D eigenvalue weighted by atomic mass is 79.9. The highest BCUT2D eigenvalue weighted by molar-refractivity contribution is 9.10. The molecule has 0 spiro atoms. The monoisotopic (exact) mass is 559 g/mol. The number of hydrogen-bond donors (Lipinski definition) is 3. The van der Waals surface area contributed by atoms with Crippen molar-refractivity contribution >= 4 is 29.7 Å². The number of phosphoric ester groups is 1. The molecule has 1 aromatic carbocycles. The molecule has 0 bridgehead atoms. The third-order valence-corrected chi connectivity index (χ3v) is 6.63. The molecule has 0 fully saturated rings. The van der Waals surface area contributed by atoms with E-state index < -0.39 is 13.9 Å². The summed E-state index contributed by atoms with van der Waals surface area (Å²) in [4.78, 5) is 30.4. The minimum Gasteiger partial charge on any atom is -0.351 e. The Kier molecular flexibility index (Phi) is 17.6. The van der Waals surface area contributed by atoms with Gasteiger partial charge in [0.2, 0.25) is 5.91 Å². The van der Waals surface area contributed by atoms with Gasteiger partial charge in [-0.15, -0.1) is 0 Å². The van der Waals surface area contributed by atoms with Crippen LogP contribution in [-0.4, -0.2) is 28.3 Å². The van der Waals surface area contributed by atoms with Crippen LogP contribution in [-0.2, 0) is 20.3 Å². The lowest BCUT2D eigenvalue weighted by Crippen LogP contribution is -2.39. The number of benzene rings is 1. The van der Waals surface area contributed by atoms with E-state index in [-0.39, 0.29) is 12.5 Å². The van der Waals surface area contributed by atoms with E-state index in [9.17, 15) is 9.36 Å². The molecule has 0 aliphatic carbocycles. The second-order valence-electron chi connectivity index (χ2n) is 8.86. The first kappa shape index (κ1) is 31.1. The number of halogens is 1. The first-order chi connectivity index (χ1) is 16.3. The molecular formula is C26H43BrNO5P. The van der Waals surface area contributed by atoms with Crippen molar-refractivity contribution in [1.82, 2.24) is 5.32 Å². The molecule has 6 nitrogen and oxygen atoms in total. The largest absolute Gasteiger partial charge is 0.469 e. The second-order valence-corrected chi connectivity index (χ2v) is 11.0. The molecule has 8 heteroatoms. The zero-order valence-corrected chi connectivity index (χ0v) is 23.1. The summed E-state index contributed by atoms with van der Waals surface area (Å²) in [6, 6.07) is 7.09. The fraction of sp³-hybridized carbons (Fsp3) is 0.654. The number of unbranched alkanes of at least 4 members (excludes halogenated alkanes) is 10. The number of rotatable bonds is 20. The topological polar surface area (TPSA) is 95.9 Å². The molecule has 1 amide bonds. The minimum absolute atomic E-state index is 0.116. The Balaban J connectivity index is 2.19. The van der Waals surface area contributed by atoms with Crippen LogP contribution in [0.15, 0.2) is 40.9 Å². The average molecular weight is 561 g/mol. The number of carbonyl (C=O) groups is 1. The van der Waals surface area contributed by atoms with Crippen LogP contribution in [0.5, 0.6) is 0 Å². The second kappa shape index (κ2) is 19.2. The molecule has 3 N–H and O–H groups in total. The Morgan fingerprint density at radius 2 is 1.53 bits per heavy atom. The summed E-state index contributed by atoms with van der Waals surface area (Å²) in [5.74, 6) is -0.116. The third kappa shape index (κ3) is 18.4. The molecule has 0 heterocycles. The highest BCUT2D eigenvalue weighted by Gasteiger charge is 2.20. The highest BCUT2D eigenvalue weighted by Crippen LogP contribution is 2.35. The molecule has 1 aromatic rings. The van der Waals surface area contributed by atoms with Crippen LogP contribution >= 0.6 is 23.8 Å². The molecular weight excluding hydrogens is 517 g/mol. The smallest absolute Gasteiger partial charge is 0.351 e. The first-order valence-electron chi connectivity index (χ1n) is 12.7. The maximum absolute atomic E-state index is 12.4. The van der Waals surface area contributed by atoms with E-state index in [4.69, 9.17) is 9.79 Å². The summed E-state index contributed by atoms with van der Waals surface area (Å²) in [6.45, 7) is 2.01. The number of hydrogen-bond acceptors (Lipinski definition) is 3. The van der Waals surface area contributed by atoms with Gasteiger partial charge in [-0.2, -0.15) is 0 Å².